The Morgan fingerprint density at radius 2 is 2.10 bits per heavy atom. The molecule has 1 aromatic rings. The lowest BCUT2D eigenvalue weighted by Crippen LogP contribution is -2.27. The van der Waals surface area contributed by atoms with Crippen LogP contribution in [-0.4, -0.2) is 30.6 Å². The van der Waals surface area contributed by atoms with E-state index in [-0.39, 0.29) is 19.1 Å². The minimum Gasteiger partial charge on any atom is -0.488 e. The minimum atomic E-state index is -0.751. The van der Waals surface area contributed by atoms with E-state index in [1.807, 2.05) is 6.92 Å². The van der Waals surface area contributed by atoms with Crippen LogP contribution in [0, 0.1) is 17.6 Å². The number of hydrogen-bond acceptors (Lipinski definition) is 4. The first-order valence-corrected chi connectivity index (χ1v) is 6.67. The lowest BCUT2D eigenvalue weighted by Gasteiger charge is -2.20. The first kappa shape index (κ1) is 14.7. The summed E-state index contributed by atoms with van der Waals surface area (Å²) in [6.45, 7) is 2.73. The van der Waals surface area contributed by atoms with Crippen molar-refractivity contribution in [3.8, 4) is 5.75 Å². The van der Waals surface area contributed by atoms with Gasteiger partial charge in [0, 0.05) is 31.1 Å². The summed E-state index contributed by atoms with van der Waals surface area (Å²) in [5.74, 6) is -1.76. The molecule has 1 aromatic carbocycles. The van der Waals surface area contributed by atoms with Crippen molar-refractivity contribution in [2.75, 3.05) is 19.8 Å². The number of benzene rings is 1. The number of ether oxygens (including phenoxy) is 1. The van der Waals surface area contributed by atoms with Gasteiger partial charge in [0.05, 0.1) is 12.3 Å². The number of nitrogens with zero attached hydrogens (tertiary/aromatic N) is 1. The van der Waals surface area contributed by atoms with Crippen LogP contribution >= 0.6 is 0 Å². The summed E-state index contributed by atoms with van der Waals surface area (Å²) in [4.78, 5) is 0. The lowest BCUT2D eigenvalue weighted by molar-refractivity contribution is 0.222. The zero-order chi connectivity index (χ0) is 14.5. The van der Waals surface area contributed by atoms with Gasteiger partial charge in [-0.15, -0.1) is 0 Å². The number of aliphatic hydroxyl groups is 1. The van der Waals surface area contributed by atoms with Gasteiger partial charge < -0.3 is 15.3 Å². The van der Waals surface area contributed by atoms with E-state index in [0.717, 1.165) is 13.0 Å². The molecule has 0 aromatic heterocycles. The van der Waals surface area contributed by atoms with Crippen LogP contribution in [0.5, 0.6) is 5.75 Å². The molecule has 1 aliphatic rings. The summed E-state index contributed by atoms with van der Waals surface area (Å²) >= 11 is 0. The standard InChI is InChI=1S/C14H18F2N2O2/c1-9-3-4-17-18-13(9)10-7-11(15)14(12(16)8-10)20-6-2-5-19/h7-9,17,19H,2-6H2,1H3/t9-/m1/s1. The van der Waals surface area contributed by atoms with E-state index in [4.69, 9.17) is 9.84 Å². The molecule has 4 nitrogen and oxygen atoms in total. The highest BCUT2D eigenvalue weighted by atomic mass is 19.1. The fourth-order valence-electron chi connectivity index (χ4n) is 2.10. The topological polar surface area (TPSA) is 53.9 Å². The number of halogens is 2. The predicted octanol–water partition coefficient (Wildman–Crippen LogP) is 2.06. The van der Waals surface area contributed by atoms with Crippen LogP contribution in [0.4, 0.5) is 8.78 Å². The molecule has 20 heavy (non-hydrogen) atoms. The first-order chi connectivity index (χ1) is 9.63. The Morgan fingerprint density at radius 3 is 2.70 bits per heavy atom. The second-order valence-corrected chi connectivity index (χ2v) is 4.79. The molecule has 110 valence electrons. The fourth-order valence-corrected chi connectivity index (χ4v) is 2.10. The fraction of sp³-hybridized carbons (Fsp3) is 0.500. The monoisotopic (exact) mass is 284 g/mol. The molecule has 2 rings (SSSR count). The molecule has 0 unspecified atom stereocenters. The number of rotatable bonds is 5. The zero-order valence-electron chi connectivity index (χ0n) is 11.3. The molecular formula is C14H18F2N2O2. The first-order valence-electron chi connectivity index (χ1n) is 6.67. The van der Waals surface area contributed by atoms with Crippen molar-refractivity contribution in [3.05, 3.63) is 29.3 Å². The molecule has 0 aliphatic carbocycles. The summed E-state index contributed by atoms with van der Waals surface area (Å²) in [6.07, 6.45) is 1.20. The number of nitrogens with one attached hydrogen (secondary N) is 1. The van der Waals surface area contributed by atoms with Crippen LogP contribution in [0.3, 0.4) is 0 Å². The molecule has 0 radical (unpaired) electrons. The Labute approximate surface area is 116 Å². The van der Waals surface area contributed by atoms with Crippen molar-refractivity contribution in [2.45, 2.75) is 19.8 Å². The average molecular weight is 284 g/mol. The van der Waals surface area contributed by atoms with Gasteiger partial charge in [-0.05, 0) is 18.6 Å². The second-order valence-electron chi connectivity index (χ2n) is 4.79. The zero-order valence-corrected chi connectivity index (χ0v) is 11.3. The highest BCUT2D eigenvalue weighted by Crippen LogP contribution is 2.26. The molecular weight excluding hydrogens is 266 g/mol. The third-order valence-corrected chi connectivity index (χ3v) is 3.20. The third-order valence-electron chi connectivity index (χ3n) is 3.20. The summed E-state index contributed by atoms with van der Waals surface area (Å²) in [5.41, 5.74) is 3.92. The van der Waals surface area contributed by atoms with Gasteiger partial charge in [-0.2, -0.15) is 5.10 Å². The van der Waals surface area contributed by atoms with E-state index in [1.165, 1.54) is 12.1 Å². The van der Waals surface area contributed by atoms with Gasteiger partial charge in [0.15, 0.2) is 17.4 Å². The Kier molecular flexibility index (Phi) is 4.89. The predicted molar refractivity (Wildman–Crippen MR) is 71.9 cm³/mol. The maximum Gasteiger partial charge on any atom is 0.190 e. The summed E-state index contributed by atoms with van der Waals surface area (Å²) in [6, 6.07) is 2.47. The molecule has 1 atom stereocenters. The van der Waals surface area contributed by atoms with Crippen molar-refractivity contribution in [3.63, 3.8) is 0 Å². The van der Waals surface area contributed by atoms with Crippen LogP contribution in [0.15, 0.2) is 17.2 Å². The van der Waals surface area contributed by atoms with Gasteiger partial charge in [0.1, 0.15) is 0 Å². The quantitative estimate of drug-likeness (QED) is 0.814. The van der Waals surface area contributed by atoms with Crippen LogP contribution in [-0.2, 0) is 0 Å². The highest BCUT2D eigenvalue weighted by molar-refractivity contribution is 6.02. The van der Waals surface area contributed by atoms with Gasteiger partial charge in [0.2, 0.25) is 0 Å². The normalized spacial score (nSPS) is 18.4. The average Bonchev–Trinajstić information content (AvgIpc) is 2.42. The minimum absolute atomic E-state index is 0.0720. The molecule has 0 saturated carbocycles. The SMILES string of the molecule is C[C@@H]1CCNN=C1c1cc(F)c(OCCCO)c(F)c1. The Hall–Kier alpha value is -1.69. The van der Waals surface area contributed by atoms with Crippen LogP contribution < -0.4 is 10.2 Å². The molecule has 0 fully saturated rings. The van der Waals surface area contributed by atoms with Gasteiger partial charge in [-0.25, -0.2) is 8.78 Å². The molecule has 1 aliphatic heterocycles. The smallest absolute Gasteiger partial charge is 0.190 e. The Bertz CT molecular complexity index is 483. The highest BCUT2D eigenvalue weighted by Gasteiger charge is 2.20. The van der Waals surface area contributed by atoms with Crippen molar-refractivity contribution < 1.29 is 18.6 Å². The Morgan fingerprint density at radius 1 is 1.40 bits per heavy atom. The number of hydrazone groups is 1. The molecule has 0 saturated heterocycles. The number of hydrogen-bond donors (Lipinski definition) is 2. The van der Waals surface area contributed by atoms with Gasteiger partial charge in [-0.1, -0.05) is 6.92 Å². The largest absolute Gasteiger partial charge is 0.488 e. The molecule has 0 amide bonds. The van der Waals surface area contributed by atoms with Crippen molar-refractivity contribution >= 4 is 5.71 Å². The van der Waals surface area contributed by atoms with Crippen LogP contribution in [0.1, 0.15) is 25.3 Å². The summed E-state index contributed by atoms with van der Waals surface area (Å²) < 4.78 is 32.8. The summed E-state index contributed by atoms with van der Waals surface area (Å²) in [7, 11) is 0. The van der Waals surface area contributed by atoms with E-state index < -0.39 is 17.4 Å². The molecule has 0 spiro atoms. The maximum atomic E-state index is 13.9. The van der Waals surface area contributed by atoms with E-state index in [9.17, 15) is 8.78 Å². The lowest BCUT2D eigenvalue weighted by atomic mass is 9.94. The second kappa shape index (κ2) is 6.65. The maximum absolute atomic E-state index is 13.9. The molecule has 6 heteroatoms. The van der Waals surface area contributed by atoms with Crippen molar-refractivity contribution in [1.29, 1.82) is 0 Å². The van der Waals surface area contributed by atoms with Crippen molar-refractivity contribution in [2.24, 2.45) is 11.0 Å². The summed E-state index contributed by atoms with van der Waals surface area (Å²) in [5, 5.41) is 12.8. The van der Waals surface area contributed by atoms with E-state index in [0.29, 0.717) is 17.7 Å². The van der Waals surface area contributed by atoms with Crippen molar-refractivity contribution in [1.82, 2.24) is 5.43 Å². The molecule has 1 heterocycles. The van der Waals surface area contributed by atoms with Crippen LogP contribution in [0.2, 0.25) is 0 Å². The van der Waals surface area contributed by atoms with Gasteiger partial charge in [0.25, 0.3) is 0 Å². The van der Waals surface area contributed by atoms with E-state index >= 15 is 0 Å². The van der Waals surface area contributed by atoms with E-state index in [2.05, 4.69) is 10.5 Å². The van der Waals surface area contributed by atoms with Gasteiger partial charge >= 0.3 is 0 Å². The third kappa shape index (κ3) is 3.25. The Balaban J connectivity index is 2.23. The molecule has 2 N–H and O–H groups in total. The van der Waals surface area contributed by atoms with Gasteiger partial charge in [-0.3, -0.25) is 0 Å². The van der Waals surface area contributed by atoms with Crippen LogP contribution in [0.25, 0.3) is 0 Å². The number of aliphatic hydroxyl groups excluding tert-OH is 1. The molecule has 0 bridgehead atoms. The van der Waals surface area contributed by atoms with E-state index in [1.54, 1.807) is 0 Å².